The van der Waals surface area contributed by atoms with Crippen molar-refractivity contribution in [1.82, 2.24) is 14.9 Å². The topological polar surface area (TPSA) is 90.3 Å². The average molecular weight is 822 g/mol. The molecule has 0 fully saturated rings. The highest BCUT2D eigenvalue weighted by molar-refractivity contribution is 7.44. The van der Waals surface area contributed by atoms with Crippen LogP contribution in [0.4, 0.5) is 5.69 Å². The lowest BCUT2D eigenvalue weighted by Gasteiger charge is -2.44. The first-order valence-electron chi connectivity index (χ1n) is 22.5. The summed E-state index contributed by atoms with van der Waals surface area (Å²) in [4.78, 5) is 17.8. The molecule has 0 saturated carbocycles. The molecule has 4 aliphatic heterocycles. The van der Waals surface area contributed by atoms with E-state index in [2.05, 4.69) is 104 Å². The molecule has 10 heteroatoms. The number of fused-ring (bicyclic) bond motifs is 5. The van der Waals surface area contributed by atoms with Gasteiger partial charge in [-0.05, 0) is 107 Å². The second kappa shape index (κ2) is 19.4. The van der Waals surface area contributed by atoms with Gasteiger partial charge in [0.1, 0.15) is 11.9 Å². The number of nitriles is 1. The van der Waals surface area contributed by atoms with Crippen LogP contribution < -0.4 is 15.0 Å². The lowest BCUT2D eigenvalue weighted by Crippen LogP contribution is -2.37. The number of nitrogens with zero attached hydrogens (tertiary/aromatic N) is 4. The number of allylic oxidation sites excluding steroid dienone is 7. The molecule has 1 aromatic carbocycles. The van der Waals surface area contributed by atoms with E-state index in [1.165, 1.54) is 57.6 Å². The monoisotopic (exact) mass is 822 g/mol. The Hall–Kier alpha value is -3.67. The molecule has 0 spiro atoms. The average Bonchev–Trinajstić information content (AvgIpc) is 3.26. The van der Waals surface area contributed by atoms with E-state index in [4.69, 9.17) is 25.6 Å². The van der Waals surface area contributed by atoms with Crippen molar-refractivity contribution in [2.45, 2.75) is 123 Å². The highest BCUT2D eigenvalue weighted by Crippen LogP contribution is 2.55. The highest BCUT2D eigenvalue weighted by Gasteiger charge is 2.44. The van der Waals surface area contributed by atoms with Crippen LogP contribution in [0.25, 0.3) is 6.08 Å². The van der Waals surface area contributed by atoms with Crippen LogP contribution in [-0.4, -0.2) is 80.1 Å². The minimum absolute atomic E-state index is 0.0605. The van der Waals surface area contributed by atoms with Crippen molar-refractivity contribution in [1.29, 1.82) is 5.26 Å². The third-order valence-corrected chi connectivity index (χ3v) is 15.4. The van der Waals surface area contributed by atoms with Crippen LogP contribution in [0.5, 0.6) is 5.75 Å². The number of aryl methyl sites for hydroxylation is 1. The number of carbonyl (C=O) groups excluding carboxylic acids is 1. The minimum Gasteiger partial charge on any atom is -0.485 e. The van der Waals surface area contributed by atoms with Gasteiger partial charge in [0.15, 0.2) is 0 Å². The van der Waals surface area contributed by atoms with Crippen LogP contribution in [0.1, 0.15) is 109 Å². The summed E-state index contributed by atoms with van der Waals surface area (Å²) in [6, 6.07) is 5.05. The molecule has 0 bridgehead atoms. The minimum atomic E-state index is -1.33. The van der Waals surface area contributed by atoms with E-state index in [9.17, 15) is 4.79 Å². The predicted molar refractivity (Wildman–Crippen MR) is 241 cm³/mol. The molecule has 0 aromatic heterocycles. The maximum atomic E-state index is 13.4. The van der Waals surface area contributed by atoms with Gasteiger partial charge in [0.2, 0.25) is 5.91 Å². The Morgan fingerprint density at radius 1 is 1.08 bits per heavy atom. The standard InChI is InChI=1S/C49H68N5O4P/c1-34(2)54(35(3)4)59(56-30-15-25-50)57-31-29-52(7)45(55)20-9-8-12-24-49(6)36(5)42-33-39-32-38-17-13-27-53-28-14-19-41(47(38)53)48(39)58-44(42)23-26-51-43-22-21-37-16-10-11-18-40(37)46(43)49/h10-11,16,18,21-22,32-35,37,40,44,51H,5,8-9,12-15,17,19-20,23-24,26-31H2,1-4,6-7H3. The molecule has 1 N–H and O–H groups in total. The van der Waals surface area contributed by atoms with Crippen molar-refractivity contribution in [3.05, 3.63) is 88.2 Å². The van der Waals surface area contributed by atoms with Gasteiger partial charge >= 0.3 is 0 Å². The molecular formula is C49H68N5O4P. The first kappa shape index (κ1) is 43.4. The number of likely N-dealkylation sites (N-methyl/N-ethyl adjacent to an activating group) is 1. The normalized spacial score (nSPS) is 24.7. The molecule has 0 saturated heterocycles. The van der Waals surface area contributed by atoms with E-state index >= 15 is 0 Å². The Bertz CT molecular complexity index is 1910. The van der Waals surface area contributed by atoms with E-state index < -0.39 is 8.53 Å². The number of unbranched alkanes of at least 4 members (excludes halogenated alkanes) is 2. The number of nitrogens with one attached hydrogen (secondary N) is 1. The third-order valence-electron chi connectivity index (χ3n) is 13.3. The maximum Gasteiger partial charge on any atom is 0.259 e. The highest BCUT2D eigenvalue weighted by atomic mass is 31.2. The smallest absolute Gasteiger partial charge is 0.259 e. The summed E-state index contributed by atoms with van der Waals surface area (Å²) in [7, 11) is 0.536. The molecule has 318 valence electrons. The molecule has 5 unspecified atom stereocenters. The van der Waals surface area contributed by atoms with Gasteiger partial charge in [-0.2, -0.15) is 5.26 Å². The Labute approximate surface area is 355 Å². The summed E-state index contributed by atoms with van der Waals surface area (Å²) in [5.74, 6) is 1.82. The molecule has 5 atom stereocenters. The molecule has 0 radical (unpaired) electrons. The van der Waals surface area contributed by atoms with E-state index in [0.717, 1.165) is 70.3 Å². The fraction of sp³-hybridized carbons (Fsp3) is 0.592. The van der Waals surface area contributed by atoms with Gasteiger partial charge in [-0.3, -0.25) is 4.79 Å². The number of rotatable bonds is 16. The van der Waals surface area contributed by atoms with Crippen molar-refractivity contribution in [2.75, 3.05) is 51.3 Å². The van der Waals surface area contributed by atoms with E-state index in [1.807, 2.05) is 7.05 Å². The van der Waals surface area contributed by atoms with Crippen LogP contribution in [0.3, 0.4) is 0 Å². The van der Waals surface area contributed by atoms with Gasteiger partial charge in [-0.25, -0.2) is 4.67 Å². The van der Waals surface area contributed by atoms with Crippen molar-refractivity contribution in [3.63, 3.8) is 0 Å². The van der Waals surface area contributed by atoms with E-state index in [-0.39, 0.29) is 35.4 Å². The lowest BCUT2D eigenvalue weighted by atomic mass is 9.61. The second-order valence-electron chi connectivity index (χ2n) is 18.0. The SMILES string of the molecule is C=C1C2=Cc3cc4c5c(c3OC2CCNC2=C(C3C=CC=CC3C=C2)C1(C)CCCCCC(=O)N(C)CCOP(OCCC#N)N(C(C)C)C(C)C)CCCN5CCC4. The zero-order valence-corrected chi connectivity index (χ0v) is 37.5. The summed E-state index contributed by atoms with van der Waals surface area (Å²) in [5.41, 5.74) is 10.4. The third kappa shape index (κ3) is 9.32. The lowest BCUT2D eigenvalue weighted by molar-refractivity contribution is -0.130. The zero-order chi connectivity index (χ0) is 41.7. The number of hydrogen-bond donors (Lipinski definition) is 1. The molecule has 4 heterocycles. The number of hydrogen-bond acceptors (Lipinski definition) is 8. The van der Waals surface area contributed by atoms with Crippen LogP contribution >= 0.6 is 8.53 Å². The Balaban J connectivity index is 1.04. The molecule has 2 aliphatic carbocycles. The zero-order valence-electron chi connectivity index (χ0n) is 36.6. The van der Waals surface area contributed by atoms with Crippen LogP contribution in [0.2, 0.25) is 0 Å². The maximum absolute atomic E-state index is 13.4. The first-order valence-corrected chi connectivity index (χ1v) is 23.6. The fourth-order valence-electron chi connectivity index (χ4n) is 10.4. The largest absolute Gasteiger partial charge is 0.485 e. The Morgan fingerprint density at radius 2 is 1.85 bits per heavy atom. The predicted octanol–water partition coefficient (Wildman–Crippen LogP) is 9.97. The molecule has 7 rings (SSSR count). The van der Waals surface area contributed by atoms with Crippen molar-refractivity contribution in [3.8, 4) is 11.8 Å². The number of amides is 1. The van der Waals surface area contributed by atoms with Crippen LogP contribution in [-0.2, 0) is 26.7 Å². The quantitative estimate of drug-likeness (QED) is 0.130. The summed E-state index contributed by atoms with van der Waals surface area (Å²) in [6.45, 7) is 20.3. The molecule has 59 heavy (non-hydrogen) atoms. The Kier molecular flexibility index (Phi) is 14.3. The number of benzene rings is 1. The van der Waals surface area contributed by atoms with E-state index in [0.29, 0.717) is 38.5 Å². The summed E-state index contributed by atoms with van der Waals surface area (Å²) < 4.78 is 21.7. The number of carbonyl (C=O) groups is 1. The van der Waals surface area contributed by atoms with Crippen molar-refractivity contribution < 1.29 is 18.6 Å². The van der Waals surface area contributed by atoms with Gasteiger partial charge in [0.05, 0.1) is 25.7 Å². The van der Waals surface area contributed by atoms with Crippen LogP contribution in [0.15, 0.2) is 71.5 Å². The first-order chi connectivity index (χ1) is 28.5. The van der Waals surface area contributed by atoms with Crippen LogP contribution in [0, 0.1) is 28.6 Å². The van der Waals surface area contributed by atoms with E-state index in [1.54, 1.807) is 4.90 Å². The van der Waals surface area contributed by atoms with Gasteiger partial charge in [0.25, 0.3) is 8.53 Å². The Morgan fingerprint density at radius 3 is 2.63 bits per heavy atom. The van der Waals surface area contributed by atoms with Gasteiger partial charge in [-0.1, -0.05) is 56.7 Å². The second-order valence-corrected chi connectivity index (χ2v) is 19.5. The molecule has 9 nitrogen and oxygen atoms in total. The molecule has 6 aliphatic rings. The molecular weight excluding hydrogens is 754 g/mol. The molecule has 1 aromatic rings. The number of ether oxygens (including phenoxy) is 1. The summed E-state index contributed by atoms with van der Waals surface area (Å²) in [5, 5.41) is 12.9. The fourth-order valence-corrected chi connectivity index (χ4v) is 12.0. The van der Waals surface area contributed by atoms with Gasteiger partial charge < -0.3 is 28.9 Å². The molecule has 1 amide bonds. The number of anilines is 1. The van der Waals surface area contributed by atoms with Gasteiger partial charge in [0, 0.05) is 97.9 Å². The summed E-state index contributed by atoms with van der Waals surface area (Å²) >= 11 is 0. The van der Waals surface area contributed by atoms with Gasteiger partial charge in [-0.15, -0.1) is 0 Å². The summed E-state index contributed by atoms with van der Waals surface area (Å²) in [6.07, 6.45) is 26.2. The van der Waals surface area contributed by atoms with Crippen molar-refractivity contribution in [2.24, 2.45) is 17.3 Å². The van der Waals surface area contributed by atoms with Crippen molar-refractivity contribution >= 4 is 26.2 Å².